The minimum absolute atomic E-state index is 0.00669. The van der Waals surface area contributed by atoms with Gasteiger partial charge in [-0.2, -0.15) is 0 Å². The van der Waals surface area contributed by atoms with Gasteiger partial charge in [-0.1, -0.05) is 54.4 Å². The predicted octanol–water partition coefficient (Wildman–Crippen LogP) is 6.17. The van der Waals surface area contributed by atoms with Crippen molar-refractivity contribution in [2.24, 2.45) is 0 Å². The molecular weight excluding hydrogens is 431 g/mol. The van der Waals surface area contributed by atoms with E-state index in [0.717, 1.165) is 29.8 Å². The molecule has 0 fully saturated rings. The number of fused-ring (bicyclic) bond motifs is 1. The van der Waals surface area contributed by atoms with Gasteiger partial charge in [-0.05, 0) is 42.7 Å². The molecule has 2 N–H and O–H groups in total. The molecule has 0 saturated carbocycles. The molecule has 5 nitrogen and oxygen atoms in total. The highest BCUT2D eigenvalue weighted by molar-refractivity contribution is 6.36. The van der Waals surface area contributed by atoms with Gasteiger partial charge in [0, 0.05) is 30.7 Å². The Kier molecular flexibility index (Phi) is 6.65. The Balaban J connectivity index is 1.75. The van der Waals surface area contributed by atoms with Crippen LogP contribution in [0.3, 0.4) is 0 Å². The largest absolute Gasteiger partial charge is 0.376 e. The summed E-state index contributed by atoms with van der Waals surface area (Å²) in [6.45, 7) is 4.75. The average Bonchev–Trinajstić information content (AvgIpc) is 3.11. The minimum Gasteiger partial charge on any atom is -0.376 e. The normalized spacial score (nSPS) is 17.5. The Bertz CT molecular complexity index is 1090. The van der Waals surface area contributed by atoms with E-state index < -0.39 is 0 Å². The van der Waals surface area contributed by atoms with Gasteiger partial charge in [0.05, 0.1) is 28.6 Å². The zero-order valence-corrected chi connectivity index (χ0v) is 19.4. The molecule has 0 bridgehead atoms. The zero-order chi connectivity index (χ0) is 22.0. The summed E-state index contributed by atoms with van der Waals surface area (Å²) >= 11 is 12.6. The summed E-state index contributed by atoms with van der Waals surface area (Å²) in [4.78, 5) is 9.84. The summed E-state index contributed by atoms with van der Waals surface area (Å²) in [5.74, 6) is 1.37. The fraction of sp³-hybridized carbons (Fsp3) is 0.333. The van der Waals surface area contributed by atoms with E-state index in [-0.39, 0.29) is 12.1 Å². The zero-order valence-electron chi connectivity index (χ0n) is 17.9. The molecule has 162 valence electrons. The maximum atomic E-state index is 6.47. The van der Waals surface area contributed by atoms with Crippen molar-refractivity contribution >= 4 is 34.8 Å². The Hall–Kier alpha value is -2.34. The number of rotatable bonds is 7. The molecule has 1 aliphatic carbocycles. The van der Waals surface area contributed by atoms with Gasteiger partial charge in [-0.25, -0.2) is 9.97 Å². The summed E-state index contributed by atoms with van der Waals surface area (Å²) < 4.78 is 6.06. The van der Waals surface area contributed by atoms with Crippen molar-refractivity contribution in [1.29, 1.82) is 0 Å². The Morgan fingerprint density at radius 3 is 2.58 bits per heavy atom. The Morgan fingerprint density at radius 2 is 1.87 bits per heavy atom. The van der Waals surface area contributed by atoms with Crippen molar-refractivity contribution < 1.29 is 4.74 Å². The van der Waals surface area contributed by atoms with E-state index in [9.17, 15) is 0 Å². The second-order valence-electron chi connectivity index (χ2n) is 7.46. The first-order valence-electron chi connectivity index (χ1n) is 10.6. The van der Waals surface area contributed by atoms with Gasteiger partial charge in [0.1, 0.15) is 0 Å². The molecule has 2 unspecified atom stereocenters. The number of anilines is 2. The van der Waals surface area contributed by atoms with E-state index in [0.29, 0.717) is 28.3 Å². The van der Waals surface area contributed by atoms with Gasteiger partial charge in [0.15, 0.2) is 11.6 Å². The van der Waals surface area contributed by atoms with Crippen molar-refractivity contribution in [3.8, 4) is 11.3 Å². The Labute approximate surface area is 193 Å². The molecule has 3 aromatic rings. The van der Waals surface area contributed by atoms with Crippen LogP contribution in [0.4, 0.5) is 11.6 Å². The molecule has 31 heavy (non-hydrogen) atoms. The fourth-order valence-electron chi connectivity index (χ4n) is 4.13. The summed E-state index contributed by atoms with van der Waals surface area (Å²) in [6.07, 6.45) is 1.64. The Morgan fingerprint density at radius 1 is 1.06 bits per heavy atom. The first kappa shape index (κ1) is 21.9. The van der Waals surface area contributed by atoms with Crippen LogP contribution in [0.5, 0.6) is 0 Å². The van der Waals surface area contributed by atoms with Crippen molar-refractivity contribution in [1.82, 2.24) is 9.97 Å². The number of halogens is 2. The first-order valence-corrected chi connectivity index (χ1v) is 11.3. The van der Waals surface area contributed by atoms with E-state index >= 15 is 0 Å². The molecule has 0 saturated heterocycles. The third kappa shape index (κ3) is 4.36. The number of nitrogens with zero attached hydrogens (tertiary/aromatic N) is 2. The van der Waals surface area contributed by atoms with E-state index in [2.05, 4.69) is 41.8 Å². The number of aryl methyl sites for hydroxylation is 1. The molecule has 2 aromatic carbocycles. The van der Waals surface area contributed by atoms with Crippen LogP contribution in [-0.4, -0.2) is 29.7 Å². The summed E-state index contributed by atoms with van der Waals surface area (Å²) in [5.41, 5.74) is 4.99. The van der Waals surface area contributed by atoms with Crippen molar-refractivity contribution in [3.63, 3.8) is 0 Å². The molecule has 4 rings (SSSR count). The van der Waals surface area contributed by atoms with E-state index in [1.165, 1.54) is 11.1 Å². The van der Waals surface area contributed by atoms with Crippen LogP contribution in [-0.2, 0) is 17.6 Å². The van der Waals surface area contributed by atoms with E-state index in [1.807, 2.05) is 26.1 Å². The molecule has 1 heterocycles. The smallest absolute Gasteiger partial charge is 0.170 e. The minimum atomic E-state index is 0.00669. The number of nitrogens with one attached hydrogen (secondary N) is 2. The summed E-state index contributed by atoms with van der Waals surface area (Å²) in [7, 11) is 1.84. The lowest BCUT2D eigenvalue weighted by molar-refractivity contribution is 0.0573. The van der Waals surface area contributed by atoms with Gasteiger partial charge < -0.3 is 15.4 Å². The monoisotopic (exact) mass is 456 g/mol. The standard InChI is InChI=1S/C24H26Cl2N4O/c1-4-19-21(17-11-10-15(25)13-18(17)26)29-23(27-3)24(28-19)30-22-16-9-7-6-8-14(16)12-20(22)31-5-2/h6-11,13,20,22H,4-5,12H2,1-3H3,(H,27,29)(H,28,30). The molecule has 2 atom stereocenters. The second-order valence-corrected chi connectivity index (χ2v) is 8.31. The van der Waals surface area contributed by atoms with Gasteiger partial charge in [-0.3, -0.25) is 0 Å². The van der Waals surface area contributed by atoms with Crippen LogP contribution in [0, 0.1) is 0 Å². The summed E-state index contributed by atoms with van der Waals surface area (Å²) in [5, 5.41) is 7.95. The van der Waals surface area contributed by atoms with Crippen LogP contribution in [0.1, 0.15) is 36.7 Å². The molecule has 1 aliphatic rings. The number of hydrogen-bond donors (Lipinski definition) is 2. The molecule has 7 heteroatoms. The van der Waals surface area contributed by atoms with E-state index in [4.69, 9.17) is 37.9 Å². The topological polar surface area (TPSA) is 59.1 Å². The van der Waals surface area contributed by atoms with E-state index in [1.54, 1.807) is 6.07 Å². The highest BCUT2D eigenvalue weighted by Crippen LogP contribution is 2.38. The molecular formula is C24H26Cl2N4O. The average molecular weight is 457 g/mol. The highest BCUT2D eigenvalue weighted by atomic mass is 35.5. The van der Waals surface area contributed by atoms with Crippen LogP contribution in [0.2, 0.25) is 10.0 Å². The van der Waals surface area contributed by atoms with Gasteiger partial charge >= 0.3 is 0 Å². The second kappa shape index (κ2) is 9.43. The number of hydrogen-bond acceptors (Lipinski definition) is 5. The number of benzene rings is 2. The van der Waals surface area contributed by atoms with Crippen molar-refractivity contribution in [2.45, 2.75) is 38.8 Å². The number of aromatic nitrogens is 2. The molecule has 0 radical (unpaired) electrons. The molecule has 0 spiro atoms. The third-order valence-corrected chi connectivity index (χ3v) is 6.13. The van der Waals surface area contributed by atoms with Crippen molar-refractivity contribution in [2.75, 3.05) is 24.3 Å². The lowest BCUT2D eigenvalue weighted by atomic mass is 10.1. The highest BCUT2D eigenvalue weighted by Gasteiger charge is 2.34. The van der Waals surface area contributed by atoms with Gasteiger partial charge in [0.25, 0.3) is 0 Å². The SMILES string of the molecule is CCOC1Cc2ccccc2C1Nc1nc(CC)c(-c2ccc(Cl)cc2Cl)nc1NC. The van der Waals surface area contributed by atoms with Crippen LogP contribution >= 0.6 is 23.2 Å². The van der Waals surface area contributed by atoms with Crippen LogP contribution < -0.4 is 10.6 Å². The third-order valence-electron chi connectivity index (χ3n) is 5.58. The summed E-state index contributed by atoms with van der Waals surface area (Å²) in [6, 6.07) is 13.9. The fourth-order valence-corrected chi connectivity index (χ4v) is 4.63. The molecule has 0 amide bonds. The molecule has 0 aliphatic heterocycles. The predicted molar refractivity (Wildman–Crippen MR) is 128 cm³/mol. The molecule has 1 aromatic heterocycles. The maximum Gasteiger partial charge on any atom is 0.170 e. The van der Waals surface area contributed by atoms with Crippen LogP contribution in [0.15, 0.2) is 42.5 Å². The maximum absolute atomic E-state index is 6.47. The number of ether oxygens (including phenoxy) is 1. The van der Waals surface area contributed by atoms with Gasteiger partial charge in [-0.15, -0.1) is 0 Å². The van der Waals surface area contributed by atoms with Crippen LogP contribution in [0.25, 0.3) is 11.3 Å². The van der Waals surface area contributed by atoms with Crippen molar-refractivity contribution in [3.05, 3.63) is 69.3 Å². The first-order chi connectivity index (χ1) is 15.0. The lowest BCUT2D eigenvalue weighted by Crippen LogP contribution is -2.26. The van der Waals surface area contributed by atoms with Gasteiger partial charge in [0.2, 0.25) is 0 Å². The quantitative estimate of drug-likeness (QED) is 0.445. The lowest BCUT2D eigenvalue weighted by Gasteiger charge is -2.24.